The van der Waals surface area contributed by atoms with Crippen molar-refractivity contribution in [3.05, 3.63) is 23.3 Å². The third-order valence-corrected chi connectivity index (χ3v) is 6.38. The summed E-state index contributed by atoms with van der Waals surface area (Å²) in [6.07, 6.45) is -2.30. The van der Waals surface area contributed by atoms with Crippen LogP contribution in [0.1, 0.15) is 63.6 Å². The van der Waals surface area contributed by atoms with Gasteiger partial charge in [-0.15, -0.1) is 0 Å². The van der Waals surface area contributed by atoms with E-state index in [0.717, 1.165) is 26.1 Å². The molecule has 31 heavy (non-hydrogen) atoms. The molecule has 2 heterocycles. The van der Waals surface area contributed by atoms with Gasteiger partial charge in [0.15, 0.2) is 11.5 Å². The van der Waals surface area contributed by atoms with Gasteiger partial charge in [0.25, 0.3) is 0 Å². The molecule has 0 aromatic heterocycles. The average molecular weight is 443 g/mol. The number of ether oxygens (including phenoxy) is 2. The molecule has 176 valence electrons. The molecular formula is C24H37F3N2O2. The van der Waals surface area contributed by atoms with Gasteiger partial charge in [0, 0.05) is 38.1 Å². The molecule has 1 saturated heterocycles. The number of likely N-dealkylation sites (N-methyl/N-ethyl adjacent to an activating group) is 1. The molecule has 2 aliphatic heterocycles. The van der Waals surface area contributed by atoms with Gasteiger partial charge in [-0.05, 0) is 61.4 Å². The number of alkyl halides is 3. The van der Waals surface area contributed by atoms with Gasteiger partial charge in [-0.1, -0.05) is 20.8 Å². The van der Waals surface area contributed by atoms with Crippen LogP contribution in [0.15, 0.2) is 12.1 Å². The van der Waals surface area contributed by atoms with E-state index in [2.05, 4.69) is 43.7 Å². The Labute approximate surface area is 184 Å². The minimum atomic E-state index is -4.10. The molecule has 3 rings (SSSR count). The quantitative estimate of drug-likeness (QED) is 0.524. The fraction of sp³-hybridized carbons (Fsp3) is 0.750. The number of piperazine rings is 1. The first-order valence-electron chi connectivity index (χ1n) is 11.3. The maximum atomic E-state index is 12.3. The highest BCUT2D eigenvalue weighted by atomic mass is 19.4. The summed E-state index contributed by atoms with van der Waals surface area (Å²) in [5, 5.41) is 0. The second-order valence-corrected chi connectivity index (χ2v) is 10.2. The molecule has 4 nitrogen and oxygen atoms in total. The van der Waals surface area contributed by atoms with E-state index >= 15 is 0 Å². The van der Waals surface area contributed by atoms with Crippen molar-refractivity contribution in [3.63, 3.8) is 0 Å². The molecule has 0 saturated carbocycles. The van der Waals surface area contributed by atoms with Crippen LogP contribution in [0.4, 0.5) is 13.2 Å². The molecule has 7 heteroatoms. The molecule has 1 aromatic rings. The van der Waals surface area contributed by atoms with Crippen LogP contribution < -0.4 is 9.47 Å². The van der Waals surface area contributed by atoms with E-state index in [4.69, 9.17) is 9.47 Å². The van der Waals surface area contributed by atoms with Crippen LogP contribution in [0.2, 0.25) is 0 Å². The third kappa shape index (κ3) is 6.51. The maximum absolute atomic E-state index is 12.3. The summed E-state index contributed by atoms with van der Waals surface area (Å²) in [6, 6.07) is 5.00. The average Bonchev–Trinajstić information content (AvgIpc) is 2.66. The van der Waals surface area contributed by atoms with Gasteiger partial charge < -0.3 is 14.4 Å². The van der Waals surface area contributed by atoms with Gasteiger partial charge in [0.1, 0.15) is 0 Å². The second kappa shape index (κ2) is 9.57. The molecule has 0 amide bonds. The van der Waals surface area contributed by atoms with Crippen molar-refractivity contribution in [1.82, 2.24) is 9.80 Å². The number of rotatable bonds is 7. The fourth-order valence-corrected chi connectivity index (χ4v) is 4.83. The van der Waals surface area contributed by atoms with Crippen LogP contribution >= 0.6 is 0 Å². The lowest BCUT2D eigenvalue weighted by molar-refractivity contribution is -0.135. The third-order valence-electron chi connectivity index (χ3n) is 6.38. The molecule has 0 N–H and O–H groups in total. The monoisotopic (exact) mass is 442 g/mol. The van der Waals surface area contributed by atoms with Crippen molar-refractivity contribution in [2.75, 3.05) is 40.4 Å². The fourth-order valence-electron chi connectivity index (χ4n) is 4.83. The number of halogens is 3. The summed E-state index contributed by atoms with van der Waals surface area (Å²) in [4.78, 5) is 5.08. The SMILES string of the molecule is COc1cc2c(cc1OCCCCC(F)(F)F)CCN1C[C@@H](CC(C)(C)C)N(C)CC21. The predicted molar refractivity (Wildman–Crippen MR) is 117 cm³/mol. The summed E-state index contributed by atoms with van der Waals surface area (Å²) in [6.45, 7) is 10.2. The number of benzene rings is 1. The number of methoxy groups -OCH3 is 1. The Morgan fingerprint density at radius 1 is 1.06 bits per heavy atom. The highest BCUT2D eigenvalue weighted by Gasteiger charge is 2.38. The van der Waals surface area contributed by atoms with E-state index < -0.39 is 12.6 Å². The van der Waals surface area contributed by atoms with Crippen molar-refractivity contribution >= 4 is 0 Å². The van der Waals surface area contributed by atoms with E-state index in [9.17, 15) is 13.2 Å². The zero-order valence-corrected chi connectivity index (χ0v) is 19.5. The lowest BCUT2D eigenvalue weighted by atomic mass is 9.84. The van der Waals surface area contributed by atoms with Crippen LogP contribution in [-0.4, -0.2) is 62.4 Å². The molecule has 1 fully saturated rings. The number of fused-ring (bicyclic) bond motifs is 3. The van der Waals surface area contributed by atoms with Crippen LogP contribution in [0, 0.1) is 5.41 Å². The van der Waals surface area contributed by atoms with Gasteiger partial charge in [-0.2, -0.15) is 13.2 Å². The van der Waals surface area contributed by atoms with Gasteiger partial charge in [-0.25, -0.2) is 0 Å². The number of nitrogens with zero attached hydrogens (tertiary/aromatic N) is 2. The molecular weight excluding hydrogens is 405 g/mol. The van der Waals surface area contributed by atoms with Crippen molar-refractivity contribution in [3.8, 4) is 11.5 Å². The standard InChI is InChI=1S/C24H37F3N2O2/c1-23(2,3)14-18-15-29-10-8-17-12-22(31-11-7-6-9-24(25,26)27)21(30-5)13-19(17)20(29)16-28(18)4/h12-13,18,20H,6-11,14-16H2,1-5H3/t18-,20?/m1/s1. The summed E-state index contributed by atoms with van der Waals surface area (Å²) >= 11 is 0. The minimum absolute atomic E-state index is 0.0792. The maximum Gasteiger partial charge on any atom is 0.389 e. The highest BCUT2D eigenvalue weighted by molar-refractivity contribution is 5.49. The minimum Gasteiger partial charge on any atom is -0.493 e. The van der Waals surface area contributed by atoms with E-state index in [1.807, 2.05) is 6.07 Å². The zero-order chi connectivity index (χ0) is 22.8. The van der Waals surface area contributed by atoms with Gasteiger partial charge in [-0.3, -0.25) is 4.90 Å². The molecule has 0 spiro atoms. The smallest absolute Gasteiger partial charge is 0.389 e. The second-order valence-electron chi connectivity index (χ2n) is 10.2. The Balaban J connectivity index is 1.68. The first kappa shape index (κ1) is 24.2. The number of hydrogen-bond donors (Lipinski definition) is 0. The van der Waals surface area contributed by atoms with E-state index in [0.29, 0.717) is 35.4 Å². The number of hydrogen-bond acceptors (Lipinski definition) is 4. The molecule has 2 atom stereocenters. The van der Waals surface area contributed by atoms with E-state index in [1.54, 1.807) is 7.11 Å². The van der Waals surface area contributed by atoms with Crippen LogP contribution in [0.5, 0.6) is 11.5 Å². The van der Waals surface area contributed by atoms with Crippen LogP contribution in [0.3, 0.4) is 0 Å². The topological polar surface area (TPSA) is 24.9 Å². The normalized spacial score (nSPS) is 22.7. The summed E-state index contributed by atoms with van der Waals surface area (Å²) in [5.41, 5.74) is 2.85. The molecule has 1 aromatic carbocycles. The predicted octanol–water partition coefficient (Wildman–Crippen LogP) is 5.46. The summed E-state index contributed by atoms with van der Waals surface area (Å²) in [7, 11) is 3.84. The zero-order valence-electron chi connectivity index (χ0n) is 19.5. The number of unbranched alkanes of at least 4 members (excludes halogenated alkanes) is 1. The first-order chi connectivity index (χ1) is 14.5. The Morgan fingerprint density at radius 2 is 1.81 bits per heavy atom. The summed E-state index contributed by atoms with van der Waals surface area (Å²) in [5.74, 6) is 1.30. The van der Waals surface area contributed by atoms with Crippen molar-refractivity contribution in [1.29, 1.82) is 0 Å². The van der Waals surface area contributed by atoms with Crippen molar-refractivity contribution in [2.45, 2.75) is 71.1 Å². The van der Waals surface area contributed by atoms with Crippen molar-refractivity contribution in [2.24, 2.45) is 5.41 Å². The van der Waals surface area contributed by atoms with Gasteiger partial charge in [0.05, 0.1) is 13.7 Å². The first-order valence-corrected chi connectivity index (χ1v) is 11.3. The largest absolute Gasteiger partial charge is 0.493 e. The molecule has 1 unspecified atom stereocenters. The molecule has 2 aliphatic rings. The molecule has 0 bridgehead atoms. The molecule has 0 aliphatic carbocycles. The van der Waals surface area contributed by atoms with Gasteiger partial charge in [0.2, 0.25) is 0 Å². The van der Waals surface area contributed by atoms with E-state index in [1.165, 1.54) is 17.5 Å². The van der Waals surface area contributed by atoms with Crippen LogP contribution in [0.25, 0.3) is 0 Å². The highest BCUT2D eigenvalue weighted by Crippen LogP contribution is 2.41. The Bertz CT molecular complexity index is 746. The van der Waals surface area contributed by atoms with Crippen LogP contribution in [-0.2, 0) is 6.42 Å². The molecule has 0 radical (unpaired) electrons. The van der Waals surface area contributed by atoms with Gasteiger partial charge >= 0.3 is 6.18 Å². The lowest BCUT2D eigenvalue weighted by Crippen LogP contribution is -2.55. The Morgan fingerprint density at radius 3 is 2.45 bits per heavy atom. The summed E-state index contributed by atoms with van der Waals surface area (Å²) < 4.78 is 48.3. The lowest BCUT2D eigenvalue weighted by Gasteiger charge is -2.49. The Kier molecular flexibility index (Phi) is 7.47. The van der Waals surface area contributed by atoms with E-state index in [-0.39, 0.29) is 13.0 Å². The van der Waals surface area contributed by atoms with Crippen molar-refractivity contribution < 1.29 is 22.6 Å². The Hall–Kier alpha value is -1.47.